The topological polar surface area (TPSA) is 26.3 Å². The Balaban J connectivity index is 1.87. The van der Waals surface area contributed by atoms with E-state index in [1.54, 1.807) is 0 Å². The summed E-state index contributed by atoms with van der Waals surface area (Å²) in [6.45, 7) is 3.66. The largest absolute Gasteiger partial charge is 0.452 e. The third kappa shape index (κ3) is 2.03. The van der Waals surface area contributed by atoms with Gasteiger partial charge < -0.3 is 8.83 Å². The Hall–Kier alpha value is -3.62. The Morgan fingerprint density at radius 1 is 0.577 bits per heavy atom. The molecule has 0 saturated heterocycles. The van der Waals surface area contributed by atoms with Gasteiger partial charge in [0.25, 0.3) is 0 Å². The fourth-order valence-electron chi connectivity index (χ4n) is 3.51. The minimum atomic E-state index is 0.776. The average Bonchev–Trinajstić information content (AvgIpc) is 3.19. The number of furan rings is 2. The first-order valence-electron chi connectivity index (χ1n) is 8.45. The van der Waals surface area contributed by atoms with Crippen molar-refractivity contribution in [3.05, 3.63) is 59.7 Å². The molecule has 2 nitrogen and oxygen atoms in total. The second-order valence-electron chi connectivity index (χ2n) is 6.19. The molecular weight excluding hydrogens is 320 g/mol. The van der Waals surface area contributed by atoms with Crippen molar-refractivity contribution in [3.8, 4) is 23.7 Å². The van der Waals surface area contributed by atoms with E-state index in [4.69, 9.17) is 8.83 Å². The van der Waals surface area contributed by atoms with Gasteiger partial charge in [0.1, 0.15) is 11.2 Å². The van der Waals surface area contributed by atoms with Crippen LogP contribution in [0.2, 0.25) is 0 Å². The molecule has 5 aromatic rings. The number of benzene rings is 3. The fraction of sp³-hybridized carbons (Fsp3) is 0.0833. The first-order valence-corrected chi connectivity index (χ1v) is 8.45. The number of hydrogen-bond donors (Lipinski definition) is 0. The zero-order valence-corrected chi connectivity index (χ0v) is 14.4. The summed E-state index contributed by atoms with van der Waals surface area (Å²) < 4.78 is 12.3. The van der Waals surface area contributed by atoms with Gasteiger partial charge in [0.05, 0.1) is 0 Å². The number of rotatable bonds is 0. The molecule has 2 aromatic heterocycles. The minimum Gasteiger partial charge on any atom is -0.452 e. The maximum atomic E-state index is 6.17. The van der Waals surface area contributed by atoms with Crippen LogP contribution in [0.4, 0.5) is 0 Å². The van der Waals surface area contributed by atoms with E-state index in [9.17, 15) is 0 Å². The Morgan fingerprint density at radius 2 is 1.00 bits per heavy atom. The van der Waals surface area contributed by atoms with E-state index in [0.717, 1.165) is 55.0 Å². The molecule has 2 heterocycles. The van der Waals surface area contributed by atoms with Crippen LogP contribution in [-0.2, 0) is 0 Å². The average molecular weight is 334 g/mol. The Morgan fingerprint density at radius 3 is 1.42 bits per heavy atom. The summed E-state index contributed by atoms with van der Waals surface area (Å²) in [6, 6.07) is 16.3. The highest BCUT2D eigenvalue weighted by atomic mass is 16.4. The molecular formula is C24H14O2. The maximum Gasteiger partial charge on any atom is 0.178 e. The van der Waals surface area contributed by atoms with E-state index >= 15 is 0 Å². The molecule has 0 fully saturated rings. The summed E-state index contributed by atoms with van der Waals surface area (Å²) in [5, 5.41) is 4.25. The van der Waals surface area contributed by atoms with Crippen molar-refractivity contribution in [2.45, 2.75) is 13.8 Å². The van der Waals surface area contributed by atoms with Crippen LogP contribution in [0, 0.1) is 23.7 Å². The molecule has 0 saturated carbocycles. The van der Waals surface area contributed by atoms with Crippen LogP contribution in [0.15, 0.2) is 57.4 Å². The minimum absolute atomic E-state index is 0.776. The Labute approximate surface area is 150 Å². The Kier molecular flexibility index (Phi) is 3.08. The fourth-order valence-corrected chi connectivity index (χ4v) is 3.51. The van der Waals surface area contributed by atoms with Crippen LogP contribution in [-0.4, -0.2) is 0 Å². The number of hydrogen-bond acceptors (Lipinski definition) is 2. The van der Waals surface area contributed by atoms with Gasteiger partial charge >= 0.3 is 0 Å². The van der Waals surface area contributed by atoms with Crippen LogP contribution in [0.25, 0.3) is 43.9 Å². The first kappa shape index (κ1) is 14.7. The third-order valence-corrected chi connectivity index (χ3v) is 4.62. The van der Waals surface area contributed by atoms with E-state index in [-0.39, 0.29) is 0 Å². The monoisotopic (exact) mass is 334 g/mol. The molecule has 0 atom stereocenters. The lowest BCUT2D eigenvalue weighted by Gasteiger charge is -1.92. The quantitative estimate of drug-likeness (QED) is 0.314. The zero-order chi connectivity index (χ0) is 17.7. The molecule has 122 valence electrons. The van der Waals surface area contributed by atoms with Crippen molar-refractivity contribution in [3.63, 3.8) is 0 Å². The molecule has 3 aromatic carbocycles. The van der Waals surface area contributed by atoms with Crippen molar-refractivity contribution in [2.75, 3.05) is 0 Å². The molecule has 5 rings (SSSR count). The molecule has 2 heteroatoms. The summed E-state index contributed by atoms with van der Waals surface area (Å²) in [6.07, 6.45) is 0. The molecule has 26 heavy (non-hydrogen) atoms. The summed E-state index contributed by atoms with van der Waals surface area (Å²) in [4.78, 5) is 0. The van der Waals surface area contributed by atoms with Gasteiger partial charge in [-0.15, -0.1) is 11.8 Å². The van der Waals surface area contributed by atoms with Gasteiger partial charge in [0.15, 0.2) is 11.2 Å². The second kappa shape index (κ2) is 5.45. The zero-order valence-electron chi connectivity index (χ0n) is 14.4. The maximum absolute atomic E-state index is 6.17. The van der Waals surface area contributed by atoms with Crippen molar-refractivity contribution < 1.29 is 8.83 Å². The molecule has 0 aliphatic heterocycles. The molecule has 0 N–H and O–H groups in total. The lowest BCUT2D eigenvalue weighted by Crippen LogP contribution is -1.73. The predicted octanol–water partition coefficient (Wildman–Crippen LogP) is 6.23. The smallest absolute Gasteiger partial charge is 0.178 e. The standard InChI is InChI=1S/C24H14O2/c1-3-5-15-7-9-17-19-11-12-20-18-10-8-16(6-4-2)14-22(18)26-24(20)23(19)25-21(17)13-15/h7-14H,1-2H3. The lowest BCUT2D eigenvalue weighted by atomic mass is 10.1. The van der Waals surface area contributed by atoms with E-state index in [2.05, 4.69) is 47.9 Å². The summed E-state index contributed by atoms with van der Waals surface area (Å²) in [5.74, 6) is 12.0. The van der Waals surface area contributed by atoms with Gasteiger partial charge in [-0.05, 0) is 62.4 Å². The van der Waals surface area contributed by atoms with E-state index in [1.807, 2.05) is 38.1 Å². The number of fused-ring (bicyclic) bond motifs is 7. The van der Waals surface area contributed by atoms with Crippen LogP contribution < -0.4 is 0 Å². The van der Waals surface area contributed by atoms with Crippen molar-refractivity contribution in [1.29, 1.82) is 0 Å². The molecule has 0 bridgehead atoms. The van der Waals surface area contributed by atoms with Gasteiger partial charge in [-0.25, -0.2) is 0 Å². The van der Waals surface area contributed by atoms with Crippen LogP contribution >= 0.6 is 0 Å². The third-order valence-electron chi connectivity index (χ3n) is 4.62. The van der Waals surface area contributed by atoms with Gasteiger partial charge in [0, 0.05) is 32.7 Å². The van der Waals surface area contributed by atoms with Crippen LogP contribution in [0.5, 0.6) is 0 Å². The van der Waals surface area contributed by atoms with E-state index < -0.39 is 0 Å². The van der Waals surface area contributed by atoms with Crippen molar-refractivity contribution in [2.24, 2.45) is 0 Å². The molecule has 0 amide bonds. The van der Waals surface area contributed by atoms with Gasteiger partial charge in [0.2, 0.25) is 0 Å². The summed E-state index contributed by atoms with van der Waals surface area (Å²) in [7, 11) is 0. The molecule has 0 spiro atoms. The van der Waals surface area contributed by atoms with E-state index in [0.29, 0.717) is 0 Å². The van der Waals surface area contributed by atoms with Gasteiger partial charge in [-0.3, -0.25) is 0 Å². The van der Waals surface area contributed by atoms with Crippen LogP contribution in [0.1, 0.15) is 25.0 Å². The molecule has 0 radical (unpaired) electrons. The highest BCUT2D eigenvalue weighted by molar-refractivity contribution is 6.18. The molecule has 0 aliphatic rings. The first-order chi connectivity index (χ1) is 12.8. The second-order valence-corrected chi connectivity index (χ2v) is 6.19. The van der Waals surface area contributed by atoms with Gasteiger partial charge in [-0.1, -0.05) is 11.8 Å². The lowest BCUT2D eigenvalue weighted by molar-refractivity contribution is 0.633. The summed E-state index contributed by atoms with van der Waals surface area (Å²) in [5.41, 5.74) is 5.10. The highest BCUT2D eigenvalue weighted by Gasteiger charge is 2.16. The molecule has 0 unspecified atom stereocenters. The van der Waals surface area contributed by atoms with Crippen molar-refractivity contribution >= 4 is 43.9 Å². The van der Waals surface area contributed by atoms with Crippen molar-refractivity contribution in [1.82, 2.24) is 0 Å². The van der Waals surface area contributed by atoms with Gasteiger partial charge in [-0.2, -0.15) is 0 Å². The molecule has 0 aliphatic carbocycles. The van der Waals surface area contributed by atoms with Crippen LogP contribution in [0.3, 0.4) is 0 Å². The Bertz CT molecular complexity index is 1340. The SMILES string of the molecule is CC#Cc1ccc2c(c1)oc1c2ccc2c3ccc(C#CC)cc3oc21. The normalized spacial score (nSPS) is 10.8. The predicted molar refractivity (Wildman–Crippen MR) is 106 cm³/mol. The highest BCUT2D eigenvalue weighted by Crippen LogP contribution is 2.38. The summed E-state index contributed by atoms with van der Waals surface area (Å²) >= 11 is 0. The van der Waals surface area contributed by atoms with E-state index in [1.165, 1.54) is 0 Å².